The highest BCUT2D eigenvalue weighted by molar-refractivity contribution is 6.74. The van der Waals surface area contributed by atoms with Gasteiger partial charge >= 0.3 is 0 Å². The predicted octanol–water partition coefficient (Wildman–Crippen LogP) is 8.79. The molecule has 0 aromatic heterocycles. The Labute approximate surface area is 258 Å². The number of hydrogen-bond acceptors (Lipinski definition) is 5. The summed E-state index contributed by atoms with van der Waals surface area (Å²) in [5.74, 6) is 0.515. The normalized spacial score (nSPS) is 18.2. The first-order chi connectivity index (χ1) is 19.4. The zero-order valence-corrected chi connectivity index (χ0v) is 29.6. The number of methoxy groups -OCH3 is 1. The zero-order valence-electron chi connectivity index (χ0n) is 28.6. The summed E-state index contributed by atoms with van der Waals surface area (Å²) in [4.78, 5) is 13.2. The lowest BCUT2D eigenvalue weighted by molar-refractivity contribution is -0.129. The number of carbonyl (C=O) groups excluding carboxylic acids is 1. The molecule has 0 aliphatic carbocycles. The maximum atomic E-state index is 13.2. The number of benzene rings is 1. The fraction of sp³-hybridized carbons (Fsp3) is 0.639. The van der Waals surface area contributed by atoms with Crippen LogP contribution in [0, 0.1) is 29.6 Å². The third-order valence-electron chi connectivity index (χ3n) is 8.84. The van der Waals surface area contributed by atoms with Crippen LogP contribution in [0.2, 0.25) is 18.1 Å². The van der Waals surface area contributed by atoms with Crippen LogP contribution in [0.25, 0.3) is 0 Å². The summed E-state index contributed by atoms with van der Waals surface area (Å²) < 4.78 is 18.5. The summed E-state index contributed by atoms with van der Waals surface area (Å²) in [5.41, 5.74) is 2.28. The second kappa shape index (κ2) is 17.3. The summed E-state index contributed by atoms with van der Waals surface area (Å²) in [5, 5.41) is 10.8. The summed E-state index contributed by atoms with van der Waals surface area (Å²) >= 11 is 0. The van der Waals surface area contributed by atoms with Gasteiger partial charge < -0.3 is 19.0 Å². The van der Waals surface area contributed by atoms with Crippen molar-refractivity contribution in [2.24, 2.45) is 29.6 Å². The van der Waals surface area contributed by atoms with E-state index in [0.717, 1.165) is 11.3 Å². The Kier molecular flexibility index (Phi) is 15.7. The van der Waals surface area contributed by atoms with Gasteiger partial charge in [-0.2, -0.15) is 0 Å². The van der Waals surface area contributed by atoms with Crippen molar-refractivity contribution in [3.63, 3.8) is 0 Å². The van der Waals surface area contributed by atoms with E-state index in [0.29, 0.717) is 19.6 Å². The van der Waals surface area contributed by atoms with E-state index in [9.17, 15) is 9.90 Å². The van der Waals surface area contributed by atoms with Crippen molar-refractivity contribution in [2.45, 2.75) is 106 Å². The molecule has 238 valence electrons. The van der Waals surface area contributed by atoms with Crippen LogP contribution < -0.4 is 4.74 Å². The van der Waals surface area contributed by atoms with Gasteiger partial charge in [-0.1, -0.05) is 104 Å². The summed E-state index contributed by atoms with van der Waals surface area (Å²) in [7, 11) is -0.380. The van der Waals surface area contributed by atoms with E-state index in [4.69, 9.17) is 13.9 Å². The van der Waals surface area contributed by atoms with Crippen molar-refractivity contribution < 1.29 is 23.8 Å². The highest BCUT2D eigenvalue weighted by Gasteiger charge is 2.41. The average molecular weight is 601 g/mol. The first-order valence-corrected chi connectivity index (χ1v) is 18.4. The van der Waals surface area contributed by atoms with Crippen LogP contribution in [-0.4, -0.2) is 45.1 Å². The molecule has 0 aliphatic rings. The third kappa shape index (κ3) is 11.9. The summed E-state index contributed by atoms with van der Waals surface area (Å²) in [6.07, 6.45) is 7.59. The highest BCUT2D eigenvalue weighted by atomic mass is 28.4. The molecule has 1 N–H and O–H groups in total. The molecular weight excluding hydrogens is 540 g/mol. The van der Waals surface area contributed by atoms with Crippen molar-refractivity contribution in [2.75, 3.05) is 13.7 Å². The number of hydrogen-bond donors (Lipinski definition) is 1. The molecule has 7 atom stereocenters. The largest absolute Gasteiger partial charge is 0.497 e. The maximum absolute atomic E-state index is 13.2. The van der Waals surface area contributed by atoms with E-state index < -0.39 is 20.3 Å². The molecule has 0 spiro atoms. The second-order valence-corrected chi connectivity index (χ2v) is 18.6. The molecule has 0 bridgehead atoms. The van der Waals surface area contributed by atoms with Crippen molar-refractivity contribution in [1.82, 2.24) is 0 Å². The Hall–Kier alpha value is -1.99. The maximum Gasteiger partial charge on any atom is 0.192 e. The van der Waals surface area contributed by atoms with Gasteiger partial charge in [-0.25, -0.2) is 0 Å². The molecule has 0 saturated carbocycles. The SMILES string of the molecule is C=CC=C[C@H](C)[C@H](O)[C@@H](C)C(=O)[C@@H](C)CC(C)=C[C@H](C)[C@@H](O[Si](C)(C)C(C)(C)C)[C@@H](C)COCc1ccc(OC)cc1. The van der Waals surface area contributed by atoms with Gasteiger partial charge in [0.2, 0.25) is 0 Å². The molecule has 6 heteroatoms. The van der Waals surface area contributed by atoms with E-state index in [1.165, 1.54) is 5.57 Å². The van der Waals surface area contributed by atoms with Crippen LogP contribution in [0.15, 0.2) is 60.7 Å². The van der Waals surface area contributed by atoms with Crippen molar-refractivity contribution in [3.8, 4) is 5.75 Å². The van der Waals surface area contributed by atoms with Gasteiger partial charge in [-0.05, 0) is 55.1 Å². The zero-order chi connectivity index (χ0) is 32.3. The summed E-state index contributed by atoms with van der Waals surface area (Å²) in [6, 6.07) is 7.97. The molecule has 0 heterocycles. The van der Waals surface area contributed by atoms with E-state index in [2.05, 4.69) is 67.3 Å². The standard InChI is InChI=1S/C36H60O5Si/c1-14-15-16-26(3)33(37)30(7)34(38)27(4)21-25(2)22-28(5)35(41-42(12,13)36(8,9)10)29(6)23-40-24-31-17-19-32(39-11)20-18-31/h14-20,22,26-30,33,35,37H,1,21,23-24H2,2-13H3/t26-,27-,28-,29-,30+,33-,35+/m0/s1. The summed E-state index contributed by atoms with van der Waals surface area (Å²) in [6.45, 7) is 28.5. The smallest absolute Gasteiger partial charge is 0.192 e. The van der Waals surface area contributed by atoms with Gasteiger partial charge in [0.15, 0.2) is 8.32 Å². The molecule has 5 nitrogen and oxygen atoms in total. The van der Waals surface area contributed by atoms with Crippen LogP contribution in [0.1, 0.15) is 74.3 Å². The van der Waals surface area contributed by atoms with Gasteiger partial charge in [0.05, 0.1) is 32.5 Å². The number of aliphatic hydroxyl groups is 1. The average Bonchev–Trinajstić information content (AvgIpc) is 2.92. The number of aliphatic hydroxyl groups excluding tert-OH is 1. The fourth-order valence-corrected chi connectivity index (χ4v) is 6.55. The van der Waals surface area contributed by atoms with Crippen LogP contribution in [0.5, 0.6) is 5.75 Å². The predicted molar refractivity (Wildman–Crippen MR) is 179 cm³/mol. The Bertz CT molecular complexity index is 1020. The number of carbonyl (C=O) groups is 1. The lowest BCUT2D eigenvalue weighted by atomic mass is 9.83. The minimum Gasteiger partial charge on any atom is -0.497 e. The quantitative estimate of drug-likeness (QED) is 0.104. The van der Waals surface area contributed by atoms with Gasteiger partial charge in [-0.15, -0.1) is 0 Å². The van der Waals surface area contributed by atoms with E-state index >= 15 is 0 Å². The lowest BCUT2D eigenvalue weighted by Crippen LogP contribution is -2.47. The number of ether oxygens (including phenoxy) is 2. The Balaban J connectivity index is 3.00. The third-order valence-corrected chi connectivity index (χ3v) is 13.3. The van der Waals surface area contributed by atoms with Gasteiger partial charge in [0.1, 0.15) is 11.5 Å². The topological polar surface area (TPSA) is 65.0 Å². The molecule has 0 aliphatic heterocycles. The molecule has 0 radical (unpaired) electrons. The van der Waals surface area contributed by atoms with Gasteiger partial charge in [-0.3, -0.25) is 4.79 Å². The molecule has 1 rings (SSSR count). The fourth-order valence-electron chi connectivity index (χ4n) is 5.07. The first-order valence-electron chi connectivity index (χ1n) is 15.5. The Morgan fingerprint density at radius 3 is 2.17 bits per heavy atom. The van der Waals surface area contributed by atoms with Gasteiger partial charge in [0.25, 0.3) is 0 Å². The molecular formula is C36H60O5Si. The van der Waals surface area contributed by atoms with Crippen LogP contribution in [-0.2, 0) is 20.6 Å². The Morgan fingerprint density at radius 2 is 1.64 bits per heavy atom. The second-order valence-electron chi connectivity index (χ2n) is 13.8. The molecule has 0 fully saturated rings. The first kappa shape index (κ1) is 38.0. The molecule has 1 aromatic rings. The molecule has 0 amide bonds. The minimum atomic E-state index is -2.05. The minimum absolute atomic E-state index is 0.0130. The van der Waals surface area contributed by atoms with Gasteiger partial charge in [0, 0.05) is 23.7 Å². The molecule has 0 saturated heterocycles. The van der Waals surface area contributed by atoms with E-state index in [-0.39, 0.29) is 40.6 Å². The molecule has 42 heavy (non-hydrogen) atoms. The number of rotatable bonds is 18. The van der Waals surface area contributed by atoms with Crippen LogP contribution >= 0.6 is 0 Å². The number of Topliss-reactive ketones (excluding diaryl/α,β-unsaturated/α-hetero) is 1. The van der Waals surface area contributed by atoms with Crippen LogP contribution in [0.3, 0.4) is 0 Å². The van der Waals surface area contributed by atoms with E-state index in [1.54, 1.807) is 13.2 Å². The molecule has 0 unspecified atom stereocenters. The van der Waals surface area contributed by atoms with Crippen molar-refractivity contribution in [3.05, 3.63) is 66.3 Å². The van der Waals surface area contributed by atoms with Crippen molar-refractivity contribution in [1.29, 1.82) is 0 Å². The number of ketones is 1. The van der Waals surface area contributed by atoms with E-state index in [1.807, 2.05) is 57.2 Å². The Morgan fingerprint density at radius 1 is 1.05 bits per heavy atom. The van der Waals surface area contributed by atoms with Crippen LogP contribution in [0.4, 0.5) is 0 Å². The highest BCUT2D eigenvalue weighted by Crippen LogP contribution is 2.39. The number of allylic oxidation sites excluding steroid dienone is 3. The monoisotopic (exact) mass is 600 g/mol. The molecule has 1 aromatic carbocycles. The van der Waals surface area contributed by atoms with Crippen molar-refractivity contribution >= 4 is 14.1 Å². The lowest BCUT2D eigenvalue weighted by Gasteiger charge is -2.42.